The van der Waals surface area contributed by atoms with Crippen molar-refractivity contribution in [3.05, 3.63) is 35.4 Å². The van der Waals surface area contributed by atoms with Crippen LogP contribution in [0.15, 0.2) is 29.8 Å². The molecule has 6 heteroatoms. The molecule has 3 saturated heterocycles. The maximum absolute atomic E-state index is 13.3. The van der Waals surface area contributed by atoms with Crippen molar-refractivity contribution in [1.82, 2.24) is 9.80 Å². The lowest BCUT2D eigenvalue weighted by Gasteiger charge is -2.54. The fourth-order valence-corrected chi connectivity index (χ4v) is 6.92. The maximum atomic E-state index is 13.3. The first kappa shape index (κ1) is 20.3. The van der Waals surface area contributed by atoms with Gasteiger partial charge in [-0.05, 0) is 68.5 Å². The number of rotatable bonds is 3. The lowest BCUT2D eigenvalue weighted by molar-refractivity contribution is -0.138. The van der Waals surface area contributed by atoms with Gasteiger partial charge < -0.3 is 15.0 Å². The molecule has 3 fully saturated rings. The van der Waals surface area contributed by atoms with Crippen LogP contribution in [0.2, 0.25) is 0 Å². The lowest BCUT2D eigenvalue weighted by atomic mass is 9.68. The zero-order valence-electron chi connectivity index (χ0n) is 18.7. The van der Waals surface area contributed by atoms with E-state index >= 15 is 0 Å². The van der Waals surface area contributed by atoms with E-state index in [4.69, 9.17) is 4.74 Å². The zero-order chi connectivity index (χ0) is 21.7. The summed E-state index contributed by atoms with van der Waals surface area (Å²) in [6.45, 7) is 3.24. The number of ether oxygens (including phenoxy) is 1. The largest absolute Gasteiger partial charge is 0.484 e. The average Bonchev–Trinajstić information content (AvgIpc) is 2.82. The summed E-state index contributed by atoms with van der Waals surface area (Å²) in [4.78, 5) is 29.8. The molecule has 2 bridgehead atoms. The van der Waals surface area contributed by atoms with E-state index < -0.39 is 0 Å². The van der Waals surface area contributed by atoms with Gasteiger partial charge in [-0.3, -0.25) is 14.5 Å². The summed E-state index contributed by atoms with van der Waals surface area (Å²) < 4.78 is 5.92. The number of fused-ring (bicyclic) bond motifs is 7. The molecule has 4 heterocycles. The monoisotopic (exact) mass is 435 g/mol. The number of aryl methyl sites for hydroxylation is 1. The minimum absolute atomic E-state index is 0.0392. The molecule has 4 aliphatic heterocycles. The van der Waals surface area contributed by atoms with E-state index in [-0.39, 0.29) is 24.5 Å². The summed E-state index contributed by atoms with van der Waals surface area (Å²) in [5, 5.41) is 2.91. The highest BCUT2D eigenvalue weighted by molar-refractivity contribution is 5.94. The third-order valence-corrected chi connectivity index (χ3v) is 8.32. The van der Waals surface area contributed by atoms with E-state index in [1.54, 1.807) is 0 Å². The van der Waals surface area contributed by atoms with Gasteiger partial charge in [0.05, 0.1) is 6.04 Å². The number of hydrogen-bond donors (Lipinski definition) is 1. The van der Waals surface area contributed by atoms with Crippen molar-refractivity contribution in [2.24, 2.45) is 11.8 Å². The van der Waals surface area contributed by atoms with Crippen LogP contribution in [0, 0.1) is 11.8 Å². The topological polar surface area (TPSA) is 61.9 Å². The predicted molar refractivity (Wildman–Crippen MR) is 123 cm³/mol. The number of carbonyl (C=O) groups is 2. The van der Waals surface area contributed by atoms with Crippen LogP contribution >= 0.6 is 0 Å². The van der Waals surface area contributed by atoms with Gasteiger partial charge in [0, 0.05) is 37.3 Å². The summed E-state index contributed by atoms with van der Waals surface area (Å²) in [5.74, 6) is 2.00. The average molecular weight is 436 g/mol. The molecular weight excluding hydrogens is 402 g/mol. The second-order valence-electron chi connectivity index (χ2n) is 10.3. The molecule has 2 amide bonds. The van der Waals surface area contributed by atoms with Crippen molar-refractivity contribution in [3.63, 3.8) is 0 Å². The van der Waals surface area contributed by atoms with E-state index in [0.717, 1.165) is 49.6 Å². The number of nitrogens with one attached hydrogen (secondary N) is 1. The molecule has 0 aromatic heterocycles. The minimum Gasteiger partial charge on any atom is -0.484 e. The SMILES string of the molecule is O=C1CCc2ccc(OCC(=O)N3CCCC4=C[C@H]5C[C@@H](CN6CCCCC56)C43)cc2N1. The number of carbonyl (C=O) groups excluding carboxylic acids is 2. The zero-order valence-corrected chi connectivity index (χ0v) is 18.7. The van der Waals surface area contributed by atoms with Crippen molar-refractivity contribution < 1.29 is 14.3 Å². The Balaban J connectivity index is 1.16. The van der Waals surface area contributed by atoms with E-state index in [1.807, 2.05) is 18.2 Å². The molecule has 4 atom stereocenters. The van der Waals surface area contributed by atoms with Crippen LogP contribution in [0.1, 0.15) is 50.5 Å². The molecule has 0 spiro atoms. The van der Waals surface area contributed by atoms with Crippen LogP contribution in [0.4, 0.5) is 5.69 Å². The standard InChI is InChI=1S/C26H33N3O3/c30-24-9-7-17-6-8-21(14-22(17)27-24)32-16-25(31)29-11-3-4-18-12-19-13-20(26(18)29)15-28-10-2-1-5-23(19)28/h6,8,12,14,19-20,23,26H,1-5,7,9-11,13,15-16H2,(H,27,30)/t19-,20-,23?,26?/m0/s1. The van der Waals surface area contributed by atoms with Crippen LogP contribution < -0.4 is 10.1 Å². The summed E-state index contributed by atoms with van der Waals surface area (Å²) in [7, 11) is 0. The Kier molecular flexibility index (Phi) is 5.21. The van der Waals surface area contributed by atoms with Crippen LogP contribution in [0.25, 0.3) is 0 Å². The molecular formula is C26H33N3O3. The van der Waals surface area contributed by atoms with Crippen molar-refractivity contribution in [3.8, 4) is 5.75 Å². The Hall–Kier alpha value is -2.34. The molecule has 0 saturated carbocycles. The number of nitrogens with zero attached hydrogens (tertiary/aromatic N) is 2. The first-order valence-corrected chi connectivity index (χ1v) is 12.5. The molecule has 6 rings (SSSR count). The second kappa shape index (κ2) is 8.22. The smallest absolute Gasteiger partial charge is 0.261 e. The number of benzene rings is 1. The van der Waals surface area contributed by atoms with Gasteiger partial charge in [-0.25, -0.2) is 0 Å². The minimum atomic E-state index is 0.0392. The molecule has 32 heavy (non-hydrogen) atoms. The normalized spacial score (nSPS) is 31.6. The highest BCUT2D eigenvalue weighted by atomic mass is 16.5. The van der Waals surface area contributed by atoms with Gasteiger partial charge >= 0.3 is 0 Å². The van der Waals surface area contributed by atoms with E-state index in [2.05, 4.69) is 21.2 Å². The fourth-order valence-electron chi connectivity index (χ4n) is 6.92. The summed E-state index contributed by atoms with van der Waals surface area (Å²) in [6.07, 6.45) is 11.3. The van der Waals surface area contributed by atoms with Crippen LogP contribution in [-0.2, 0) is 16.0 Å². The van der Waals surface area contributed by atoms with Crippen molar-refractivity contribution in [2.45, 2.75) is 63.5 Å². The Morgan fingerprint density at radius 3 is 3.00 bits per heavy atom. The molecule has 2 unspecified atom stereocenters. The maximum Gasteiger partial charge on any atom is 0.261 e. The Morgan fingerprint density at radius 1 is 1.12 bits per heavy atom. The van der Waals surface area contributed by atoms with Crippen LogP contribution in [0.3, 0.4) is 0 Å². The third kappa shape index (κ3) is 3.62. The molecule has 1 aliphatic carbocycles. The highest BCUT2D eigenvalue weighted by Crippen LogP contribution is 2.45. The van der Waals surface area contributed by atoms with Crippen LogP contribution in [-0.4, -0.2) is 59.9 Å². The Labute approximate surface area is 190 Å². The number of amides is 2. The molecule has 170 valence electrons. The first-order chi connectivity index (χ1) is 15.7. The quantitative estimate of drug-likeness (QED) is 0.740. The fraction of sp³-hybridized carbons (Fsp3) is 0.615. The molecule has 5 aliphatic rings. The van der Waals surface area contributed by atoms with Gasteiger partial charge in [0.15, 0.2) is 6.61 Å². The molecule has 6 nitrogen and oxygen atoms in total. The molecule has 0 radical (unpaired) electrons. The Morgan fingerprint density at radius 2 is 2.06 bits per heavy atom. The predicted octanol–water partition coefficient (Wildman–Crippen LogP) is 3.37. The highest BCUT2D eigenvalue weighted by Gasteiger charge is 2.46. The molecule has 1 aromatic rings. The van der Waals surface area contributed by atoms with Gasteiger partial charge in [0.1, 0.15) is 5.75 Å². The van der Waals surface area contributed by atoms with Gasteiger partial charge in [-0.1, -0.05) is 24.1 Å². The number of likely N-dealkylation sites (tertiary alicyclic amines) is 1. The number of piperidine rings is 3. The molecule has 1 aromatic carbocycles. The van der Waals surface area contributed by atoms with Crippen molar-refractivity contribution >= 4 is 17.5 Å². The van der Waals surface area contributed by atoms with Crippen molar-refractivity contribution in [2.75, 3.05) is 31.6 Å². The number of hydrogen-bond acceptors (Lipinski definition) is 4. The molecule has 1 N–H and O–H groups in total. The van der Waals surface area contributed by atoms with Gasteiger partial charge in [0.2, 0.25) is 5.91 Å². The second-order valence-corrected chi connectivity index (χ2v) is 10.3. The lowest BCUT2D eigenvalue weighted by Crippen LogP contribution is -2.60. The van der Waals surface area contributed by atoms with Gasteiger partial charge in [-0.15, -0.1) is 0 Å². The first-order valence-electron chi connectivity index (χ1n) is 12.5. The number of anilines is 1. The van der Waals surface area contributed by atoms with E-state index in [1.165, 1.54) is 37.8 Å². The van der Waals surface area contributed by atoms with E-state index in [0.29, 0.717) is 24.0 Å². The Bertz CT molecular complexity index is 958. The van der Waals surface area contributed by atoms with Crippen LogP contribution in [0.5, 0.6) is 5.75 Å². The summed E-state index contributed by atoms with van der Waals surface area (Å²) in [6, 6.07) is 6.74. The van der Waals surface area contributed by atoms with Gasteiger partial charge in [0.25, 0.3) is 5.91 Å². The summed E-state index contributed by atoms with van der Waals surface area (Å²) >= 11 is 0. The van der Waals surface area contributed by atoms with E-state index in [9.17, 15) is 9.59 Å². The summed E-state index contributed by atoms with van der Waals surface area (Å²) in [5.41, 5.74) is 3.44. The van der Waals surface area contributed by atoms with Crippen molar-refractivity contribution in [1.29, 1.82) is 0 Å². The van der Waals surface area contributed by atoms with Gasteiger partial charge in [-0.2, -0.15) is 0 Å². The third-order valence-electron chi connectivity index (χ3n) is 8.32.